The van der Waals surface area contributed by atoms with Gasteiger partial charge in [-0.05, 0) is 52.4 Å². The summed E-state index contributed by atoms with van der Waals surface area (Å²) in [6.07, 6.45) is 0.622. The molecule has 4 nitrogen and oxygen atoms in total. The molecule has 0 aliphatic rings. The Labute approximate surface area is 167 Å². The van der Waals surface area contributed by atoms with Crippen LogP contribution in [0.2, 0.25) is 0 Å². The van der Waals surface area contributed by atoms with Gasteiger partial charge in [0.2, 0.25) is 0 Å². The average Bonchev–Trinajstić information content (AvgIpc) is 2.88. The van der Waals surface area contributed by atoms with Crippen LogP contribution in [0, 0.1) is 3.57 Å². The summed E-state index contributed by atoms with van der Waals surface area (Å²) in [7, 11) is 0. The lowest BCUT2D eigenvalue weighted by Gasteiger charge is -2.15. The lowest BCUT2D eigenvalue weighted by atomic mass is 9.92. The summed E-state index contributed by atoms with van der Waals surface area (Å²) in [5.41, 5.74) is 2.87. The molecule has 0 spiro atoms. The number of aromatic nitrogens is 2. The predicted octanol–water partition coefficient (Wildman–Crippen LogP) is 5.15. The first kappa shape index (κ1) is 19.2. The summed E-state index contributed by atoms with van der Waals surface area (Å²) in [5.74, 6) is -0.136. The monoisotopic (exact) mass is 520 g/mol. The van der Waals surface area contributed by atoms with Crippen molar-refractivity contribution >= 4 is 67.9 Å². The molecule has 24 heavy (non-hydrogen) atoms. The van der Waals surface area contributed by atoms with Gasteiger partial charge in [-0.1, -0.05) is 34.1 Å². The molecule has 0 radical (unpaired) electrons. The number of nitrogens with zero attached hydrogens (tertiary/aromatic N) is 1. The quantitative estimate of drug-likeness (QED) is 0.457. The molecule has 3 rings (SSSR count). The maximum Gasteiger partial charge on any atom is 0.303 e. The van der Waals surface area contributed by atoms with Crippen molar-refractivity contribution in [3.8, 4) is 0 Å². The number of H-pyrrole nitrogens is 1. The highest BCUT2D eigenvalue weighted by atomic mass is 127. The molecule has 0 amide bonds. The van der Waals surface area contributed by atoms with Gasteiger partial charge in [0.1, 0.15) is 5.82 Å². The summed E-state index contributed by atoms with van der Waals surface area (Å²) in [6, 6.07) is 13.8. The number of nitrogens with one attached hydrogen (secondary N) is 1. The van der Waals surface area contributed by atoms with Gasteiger partial charge in [0, 0.05) is 20.4 Å². The fraction of sp³-hybridized carbons (Fsp3) is 0.176. The van der Waals surface area contributed by atoms with Crippen LogP contribution in [0.3, 0.4) is 0 Å². The van der Waals surface area contributed by atoms with Crippen LogP contribution in [0.4, 0.5) is 0 Å². The number of carboxylic acid groups (broad SMARTS) is 1. The number of imidazole rings is 1. The van der Waals surface area contributed by atoms with Crippen molar-refractivity contribution in [2.75, 3.05) is 0 Å². The molecule has 2 aromatic carbocycles. The van der Waals surface area contributed by atoms with Crippen LogP contribution in [-0.2, 0) is 11.2 Å². The number of hydrogen-bond donors (Lipinski definition) is 2. The lowest BCUT2D eigenvalue weighted by molar-refractivity contribution is -0.137. The molecule has 126 valence electrons. The Morgan fingerprint density at radius 1 is 1.29 bits per heavy atom. The molecule has 1 unspecified atom stereocenters. The first-order valence-electron chi connectivity index (χ1n) is 7.13. The number of fused-ring (bicyclic) bond motifs is 1. The van der Waals surface area contributed by atoms with Crippen LogP contribution in [0.5, 0.6) is 0 Å². The Bertz CT molecular complexity index is 869. The summed E-state index contributed by atoms with van der Waals surface area (Å²) in [5, 5.41) is 9.24. The first-order chi connectivity index (χ1) is 11.0. The maximum absolute atomic E-state index is 11.3. The van der Waals surface area contributed by atoms with Gasteiger partial charge in [-0.25, -0.2) is 4.98 Å². The van der Waals surface area contributed by atoms with E-state index in [1.54, 1.807) is 0 Å². The fourth-order valence-electron chi connectivity index (χ4n) is 2.67. The second kappa shape index (κ2) is 8.31. The molecule has 3 aromatic rings. The molecule has 1 aromatic heterocycles. The fourth-order valence-corrected chi connectivity index (χ4v) is 3.77. The third-order valence-electron chi connectivity index (χ3n) is 3.70. The summed E-state index contributed by atoms with van der Waals surface area (Å²) < 4.78 is 2.06. The number of aliphatic carboxylic acids is 1. The number of hydrogen-bond acceptors (Lipinski definition) is 2. The van der Waals surface area contributed by atoms with Gasteiger partial charge in [0.05, 0.1) is 17.5 Å². The van der Waals surface area contributed by atoms with E-state index in [2.05, 4.69) is 48.5 Å². The zero-order chi connectivity index (χ0) is 16.4. The smallest absolute Gasteiger partial charge is 0.303 e. The number of carbonyl (C=O) groups is 1. The molecular formula is C17H15BrClIN2O2. The lowest BCUT2D eigenvalue weighted by Crippen LogP contribution is -2.10. The second-order valence-corrected chi connectivity index (χ2v) is 7.47. The molecular weight excluding hydrogens is 506 g/mol. The SMILES string of the molecule is Cl.O=C(O)CC(Cc1nc2ccc(I)cc2[nH]1)c1ccccc1Br. The standard InChI is InChI=1S/C17H14BrIN2O2.ClH/c18-13-4-2-1-3-12(13)10(8-17(22)23)7-16-20-14-6-5-11(19)9-15(14)21-16;/h1-6,9-10H,7-8H2,(H,20,21)(H,22,23);1H. The second-order valence-electron chi connectivity index (χ2n) is 5.37. The molecule has 1 atom stereocenters. The minimum absolute atomic E-state index is 0. The number of rotatable bonds is 5. The molecule has 0 aliphatic heterocycles. The van der Waals surface area contributed by atoms with Crippen molar-refractivity contribution < 1.29 is 9.90 Å². The van der Waals surface area contributed by atoms with Crippen LogP contribution in [0.15, 0.2) is 46.9 Å². The van der Waals surface area contributed by atoms with Crippen molar-refractivity contribution in [3.63, 3.8) is 0 Å². The van der Waals surface area contributed by atoms with E-state index in [0.29, 0.717) is 6.42 Å². The Kier molecular flexibility index (Phi) is 6.65. The van der Waals surface area contributed by atoms with Crippen molar-refractivity contribution in [1.82, 2.24) is 9.97 Å². The Hall–Kier alpha value is -1.12. The predicted molar refractivity (Wildman–Crippen MR) is 109 cm³/mol. The highest BCUT2D eigenvalue weighted by molar-refractivity contribution is 14.1. The van der Waals surface area contributed by atoms with E-state index >= 15 is 0 Å². The van der Waals surface area contributed by atoms with Gasteiger partial charge in [-0.2, -0.15) is 0 Å². The van der Waals surface area contributed by atoms with Gasteiger partial charge in [-0.15, -0.1) is 12.4 Å². The van der Waals surface area contributed by atoms with E-state index in [9.17, 15) is 9.90 Å². The number of halogens is 3. The van der Waals surface area contributed by atoms with Crippen molar-refractivity contribution in [1.29, 1.82) is 0 Å². The van der Waals surface area contributed by atoms with Gasteiger partial charge in [0.25, 0.3) is 0 Å². The number of benzene rings is 2. The minimum atomic E-state index is -0.809. The molecule has 0 saturated heterocycles. The first-order valence-corrected chi connectivity index (χ1v) is 9.00. The topological polar surface area (TPSA) is 66.0 Å². The van der Waals surface area contributed by atoms with Crippen molar-refractivity contribution in [2.24, 2.45) is 0 Å². The molecule has 2 N–H and O–H groups in total. The Morgan fingerprint density at radius 3 is 2.75 bits per heavy atom. The van der Waals surface area contributed by atoms with Gasteiger partial charge in [-0.3, -0.25) is 4.79 Å². The number of aromatic amines is 1. The van der Waals surface area contributed by atoms with Crippen molar-refractivity contribution in [2.45, 2.75) is 18.8 Å². The zero-order valence-electron chi connectivity index (χ0n) is 12.5. The van der Waals surface area contributed by atoms with Crippen molar-refractivity contribution in [3.05, 3.63) is 61.9 Å². The molecule has 1 heterocycles. The molecule has 0 bridgehead atoms. The van der Waals surface area contributed by atoms with Crippen LogP contribution >= 0.6 is 50.9 Å². The van der Waals surface area contributed by atoms with Crippen LogP contribution in [0.25, 0.3) is 11.0 Å². The Morgan fingerprint density at radius 2 is 2.04 bits per heavy atom. The third-order valence-corrected chi connectivity index (χ3v) is 5.09. The maximum atomic E-state index is 11.3. The van der Waals surface area contributed by atoms with Crippen LogP contribution in [0.1, 0.15) is 23.7 Å². The number of carboxylic acids is 1. The molecule has 0 saturated carbocycles. The highest BCUT2D eigenvalue weighted by Gasteiger charge is 2.20. The zero-order valence-corrected chi connectivity index (χ0v) is 17.1. The van der Waals surface area contributed by atoms with Gasteiger partial charge < -0.3 is 10.1 Å². The largest absolute Gasteiger partial charge is 0.481 e. The van der Waals surface area contributed by atoms with Gasteiger partial charge in [0.15, 0.2) is 0 Å². The van der Waals surface area contributed by atoms with Crippen LogP contribution < -0.4 is 0 Å². The summed E-state index contributed by atoms with van der Waals surface area (Å²) in [4.78, 5) is 19.1. The molecule has 0 aliphatic carbocycles. The van der Waals surface area contributed by atoms with E-state index in [0.717, 1.165) is 30.5 Å². The average molecular weight is 522 g/mol. The van der Waals surface area contributed by atoms with E-state index in [1.807, 2.05) is 42.5 Å². The normalized spacial score (nSPS) is 11.9. The van der Waals surface area contributed by atoms with E-state index in [1.165, 1.54) is 0 Å². The van der Waals surface area contributed by atoms with Gasteiger partial charge >= 0.3 is 5.97 Å². The Balaban J connectivity index is 0.00000208. The summed E-state index contributed by atoms with van der Waals surface area (Å²) in [6.45, 7) is 0. The molecule has 7 heteroatoms. The van der Waals surface area contributed by atoms with E-state index in [4.69, 9.17) is 0 Å². The van der Waals surface area contributed by atoms with Crippen LogP contribution in [-0.4, -0.2) is 21.0 Å². The molecule has 0 fully saturated rings. The third kappa shape index (κ3) is 4.49. The minimum Gasteiger partial charge on any atom is -0.481 e. The van der Waals surface area contributed by atoms with E-state index < -0.39 is 5.97 Å². The van der Waals surface area contributed by atoms with E-state index in [-0.39, 0.29) is 24.7 Å². The summed E-state index contributed by atoms with van der Waals surface area (Å²) >= 11 is 5.78. The highest BCUT2D eigenvalue weighted by Crippen LogP contribution is 2.30.